The number of rotatable bonds is 4. The predicted molar refractivity (Wildman–Crippen MR) is 93.4 cm³/mol. The van der Waals surface area contributed by atoms with Gasteiger partial charge in [-0.3, -0.25) is 4.98 Å². The van der Waals surface area contributed by atoms with Gasteiger partial charge < -0.3 is 15.6 Å². The molecule has 0 bridgehead atoms. The van der Waals surface area contributed by atoms with Gasteiger partial charge in [-0.1, -0.05) is 6.07 Å². The Balaban J connectivity index is 1.52. The third kappa shape index (κ3) is 2.40. The van der Waals surface area contributed by atoms with E-state index in [1.807, 2.05) is 30.3 Å². The maximum atomic E-state index is 4.61. The van der Waals surface area contributed by atoms with Gasteiger partial charge in [-0.2, -0.15) is 9.97 Å². The Morgan fingerprint density at radius 1 is 1.08 bits per heavy atom. The topological polar surface area (TPSA) is 91.4 Å². The number of nitrogens with zero attached hydrogens (tertiary/aromatic N) is 4. The summed E-state index contributed by atoms with van der Waals surface area (Å²) in [4.78, 5) is 20.8. The van der Waals surface area contributed by atoms with Gasteiger partial charge in [0.25, 0.3) is 0 Å². The summed E-state index contributed by atoms with van der Waals surface area (Å²) in [5.41, 5.74) is 3.37. The lowest BCUT2D eigenvalue weighted by atomic mass is 10.2. The number of hydrogen-bond acceptors (Lipinski definition) is 6. The molecule has 7 nitrogen and oxygen atoms in total. The molecule has 4 aromatic rings. The van der Waals surface area contributed by atoms with Crippen molar-refractivity contribution < 1.29 is 0 Å². The number of aromatic nitrogens is 5. The zero-order valence-electron chi connectivity index (χ0n) is 12.8. The van der Waals surface area contributed by atoms with Crippen molar-refractivity contribution in [2.45, 2.75) is 18.9 Å². The number of benzene rings is 1. The first kappa shape index (κ1) is 13.2. The van der Waals surface area contributed by atoms with Crippen molar-refractivity contribution in [3.63, 3.8) is 0 Å². The number of anilines is 3. The number of pyridine rings is 1. The summed E-state index contributed by atoms with van der Waals surface area (Å²) in [5, 5.41) is 7.77. The van der Waals surface area contributed by atoms with Gasteiger partial charge in [-0.25, -0.2) is 4.98 Å². The Bertz CT molecular complexity index is 1040. The molecular weight excluding hydrogens is 302 g/mol. The number of imidazole rings is 1. The molecule has 0 atom stereocenters. The predicted octanol–water partition coefficient (Wildman–Crippen LogP) is 3.22. The van der Waals surface area contributed by atoms with Gasteiger partial charge >= 0.3 is 0 Å². The van der Waals surface area contributed by atoms with E-state index in [0.29, 0.717) is 17.6 Å². The molecule has 5 rings (SSSR count). The lowest BCUT2D eigenvalue weighted by Crippen LogP contribution is -2.07. The summed E-state index contributed by atoms with van der Waals surface area (Å²) in [5.74, 6) is 1.32. The summed E-state index contributed by atoms with van der Waals surface area (Å²) >= 11 is 0. The van der Waals surface area contributed by atoms with Crippen LogP contribution >= 0.6 is 0 Å². The summed E-state index contributed by atoms with van der Waals surface area (Å²) in [6, 6.07) is 10.5. The fraction of sp³-hybridized carbons (Fsp3) is 0.176. The smallest absolute Gasteiger partial charge is 0.231 e. The van der Waals surface area contributed by atoms with E-state index in [9.17, 15) is 0 Å². The third-order valence-corrected chi connectivity index (χ3v) is 4.06. The normalized spacial score (nSPS) is 14.2. The fourth-order valence-electron chi connectivity index (χ4n) is 2.70. The molecule has 3 heterocycles. The largest absolute Gasteiger partial charge is 0.365 e. The van der Waals surface area contributed by atoms with Crippen LogP contribution in [0.3, 0.4) is 0 Å². The van der Waals surface area contributed by atoms with Crippen LogP contribution < -0.4 is 10.6 Å². The highest BCUT2D eigenvalue weighted by Crippen LogP contribution is 2.28. The quantitative estimate of drug-likeness (QED) is 0.535. The second kappa shape index (κ2) is 5.16. The first-order valence-electron chi connectivity index (χ1n) is 7.95. The lowest BCUT2D eigenvalue weighted by Gasteiger charge is -2.09. The minimum absolute atomic E-state index is 0.506. The van der Waals surface area contributed by atoms with Crippen molar-refractivity contribution in [3.8, 4) is 0 Å². The molecule has 3 aromatic heterocycles. The average Bonchev–Trinajstić information content (AvgIpc) is 3.28. The number of hydrogen-bond donors (Lipinski definition) is 3. The zero-order chi connectivity index (χ0) is 15.9. The molecule has 1 aliphatic carbocycles. The number of nitrogens with one attached hydrogen (secondary N) is 3. The molecule has 7 heteroatoms. The average molecular weight is 317 g/mol. The van der Waals surface area contributed by atoms with Crippen LogP contribution in [0.4, 0.5) is 17.5 Å². The van der Waals surface area contributed by atoms with E-state index in [0.717, 1.165) is 27.9 Å². The van der Waals surface area contributed by atoms with Gasteiger partial charge in [0, 0.05) is 23.3 Å². The van der Waals surface area contributed by atoms with Gasteiger partial charge in [0.2, 0.25) is 5.95 Å². The first-order valence-corrected chi connectivity index (χ1v) is 7.95. The van der Waals surface area contributed by atoms with Crippen LogP contribution in [0, 0.1) is 0 Å². The molecule has 1 aliphatic rings. The summed E-state index contributed by atoms with van der Waals surface area (Å²) < 4.78 is 0. The number of H-pyrrole nitrogens is 1. The molecule has 0 amide bonds. The SMILES string of the molecule is c1cnc2ccc(Nc3nc(NC4CC4)c4[nH]cnc4n3)cc2c1. The van der Waals surface area contributed by atoms with E-state index in [1.54, 1.807) is 12.5 Å². The summed E-state index contributed by atoms with van der Waals surface area (Å²) in [7, 11) is 0. The van der Waals surface area contributed by atoms with Gasteiger partial charge in [-0.15, -0.1) is 0 Å². The van der Waals surface area contributed by atoms with Crippen LogP contribution in [0.2, 0.25) is 0 Å². The summed E-state index contributed by atoms with van der Waals surface area (Å²) in [6.45, 7) is 0. The first-order chi connectivity index (χ1) is 11.8. The molecule has 0 spiro atoms. The van der Waals surface area contributed by atoms with Crippen LogP contribution in [0.1, 0.15) is 12.8 Å². The zero-order valence-corrected chi connectivity index (χ0v) is 12.8. The maximum absolute atomic E-state index is 4.61. The minimum atomic E-state index is 0.506. The fourth-order valence-corrected chi connectivity index (χ4v) is 2.70. The van der Waals surface area contributed by atoms with Crippen LogP contribution in [0.5, 0.6) is 0 Å². The third-order valence-electron chi connectivity index (χ3n) is 4.06. The van der Waals surface area contributed by atoms with Crippen molar-refractivity contribution in [1.29, 1.82) is 0 Å². The Hall–Kier alpha value is -3.22. The number of fused-ring (bicyclic) bond motifs is 2. The van der Waals surface area contributed by atoms with E-state index in [2.05, 4.69) is 35.6 Å². The van der Waals surface area contributed by atoms with Crippen LogP contribution in [-0.2, 0) is 0 Å². The van der Waals surface area contributed by atoms with Crippen molar-refractivity contribution in [2.24, 2.45) is 0 Å². The van der Waals surface area contributed by atoms with E-state index < -0.39 is 0 Å². The Kier molecular flexibility index (Phi) is 2.84. The second-order valence-corrected chi connectivity index (χ2v) is 5.95. The highest BCUT2D eigenvalue weighted by atomic mass is 15.2. The van der Waals surface area contributed by atoms with Gasteiger partial charge in [-0.05, 0) is 37.1 Å². The van der Waals surface area contributed by atoms with Crippen molar-refractivity contribution >= 4 is 39.5 Å². The van der Waals surface area contributed by atoms with E-state index in [1.165, 1.54) is 12.8 Å². The van der Waals surface area contributed by atoms with Crippen LogP contribution in [0.25, 0.3) is 22.1 Å². The molecule has 0 aliphatic heterocycles. The Labute approximate surface area is 137 Å². The Morgan fingerprint density at radius 2 is 2.04 bits per heavy atom. The molecule has 24 heavy (non-hydrogen) atoms. The highest BCUT2D eigenvalue weighted by Gasteiger charge is 2.23. The highest BCUT2D eigenvalue weighted by molar-refractivity contribution is 5.86. The van der Waals surface area contributed by atoms with Crippen LogP contribution in [0.15, 0.2) is 42.9 Å². The molecule has 0 unspecified atom stereocenters. The molecular formula is C17H15N7. The number of aromatic amines is 1. The molecule has 1 saturated carbocycles. The lowest BCUT2D eigenvalue weighted by molar-refractivity contribution is 1.10. The molecule has 3 N–H and O–H groups in total. The van der Waals surface area contributed by atoms with Gasteiger partial charge in [0.15, 0.2) is 11.5 Å². The van der Waals surface area contributed by atoms with Gasteiger partial charge in [0.05, 0.1) is 11.8 Å². The molecule has 1 fully saturated rings. The molecule has 0 radical (unpaired) electrons. The standard InChI is InChI=1S/C17H15N7/c1-2-10-8-12(5-6-13(10)18-7-1)22-17-23-15-14(19-9-20-15)16(24-17)21-11-3-4-11/h1-2,5-9,11H,3-4H2,(H3,19,20,21,22,23,24). The van der Waals surface area contributed by atoms with Crippen molar-refractivity contribution in [3.05, 3.63) is 42.9 Å². The summed E-state index contributed by atoms with van der Waals surface area (Å²) in [6.07, 6.45) is 5.79. The monoisotopic (exact) mass is 317 g/mol. The van der Waals surface area contributed by atoms with Crippen LogP contribution in [-0.4, -0.2) is 31.0 Å². The Morgan fingerprint density at radius 3 is 2.96 bits per heavy atom. The van der Waals surface area contributed by atoms with Gasteiger partial charge in [0.1, 0.15) is 5.52 Å². The van der Waals surface area contributed by atoms with Crippen molar-refractivity contribution in [2.75, 3.05) is 10.6 Å². The minimum Gasteiger partial charge on any atom is -0.365 e. The molecule has 1 aromatic carbocycles. The van der Waals surface area contributed by atoms with E-state index in [-0.39, 0.29) is 0 Å². The second-order valence-electron chi connectivity index (χ2n) is 5.95. The molecule has 0 saturated heterocycles. The maximum Gasteiger partial charge on any atom is 0.231 e. The van der Waals surface area contributed by atoms with Crippen molar-refractivity contribution in [1.82, 2.24) is 24.9 Å². The van der Waals surface area contributed by atoms with E-state index >= 15 is 0 Å². The van der Waals surface area contributed by atoms with E-state index in [4.69, 9.17) is 0 Å². The molecule has 118 valence electrons.